The molecule has 3 atom stereocenters. The topological polar surface area (TPSA) is 59.3 Å². The monoisotopic (exact) mass is 190 g/mol. The van der Waals surface area contributed by atoms with Crippen LogP contribution in [0, 0.1) is 5.92 Å². The van der Waals surface area contributed by atoms with E-state index in [1.54, 1.807) is 0 Å². The molecule has 1 unspecified atom stereocenters. The van der Waals surface area contributed by atoms with Crippen LogP contribution in [0.2, 0.25) is 0 Å². The summed E-state index contributed by atoms with van der Waals surface area (Å²) in [6, 6.07) is 1.19. The van der Waals surface area contributed by atoms with Crippen LogP contribution in [-0.4, -0.2) is 48.0 Å². The molecule has 5 heteroatoms. The second-order valence-electron chi connectivity index (χ2n) is 4.03. The molecule has 0 aromatic carbocycles. The van der Waals surface area contributed by atoms with Gasteiger partial charge in [-0.15, -0.1) is 0 Å². The van der Waals surface area contributed by atoms with E-state index in [1.165, 1.54) is 12.8 Å². The first-order valence-corrected chi connectivity index (χ1v) is 4.64. The minimum Gasteiger partial charge on any atom is -0.870 e. The van der Waals surface area contributed by atoms with E-state index in [4.69, 9.17) is 4.74 Å². The van der Waals surface area contributed by atoms with Crippen molar-refractivity contribution in [3.63, 3.8) is 0 Å². The molecule has 1 aliphatic carbocycles. The molecule has 4 nitrogen and oxygen atoms in total. The number of nitrogens with zero attached hydrogens (tertiary/aromatic N) is 1. The minimum atomic E-state index is 0. The molecule has 0 bridgehead atoms. The number of carbonyl (C=O) groups excluding carboxylic acids is 1. The molecule has 0 amide bonds. The van der Waals surface area contributed by atoms with Gasteiger partial charge in [-0.1, -0.05) is 6.04 Å². The van der Waals surface area contributed by atoms with Crippen molar-refractivity contribution in [2.45, 2.75) is 31.0 Å². The van der Waals surface area contributed by atoms with Gasteiger partial charge < -0.3 is 19.9 Å². The normalized spacial score (nSPS) is 40.1. The predicted molar refractivity (Wildman–Crippen MR) is 44.4 cm³/mol. The van der Waals surface area contributed by atoms with Crippen molar-refractivity contribution in [1.82, 2.24) is 4.90 Å². The van der Waals surface area contributed by atoms with Gasteiger partial charge >= 0.3 is 18.9 Å². The third kappa shape index (κ3) is 1.78. The Bertz CT molecular complexity index is 218. The molecule has 1 N–H and O–H groups in total. The van der Waals surface area contributed by atoms with Crippen molar-refractivity contribution in [2.24, 2.45) is 5.92 Å². The predicted octanol–water partition coefficient (Wildman–Crippen LogP) is -3.22. The molecule has 74 valence electrons. The third-order valence-corrected chi connectivity index (χ3v) is 3.17. The van der Waals surface area contributed by atoms with Crippen LogP contribution in [0.3, 0.4) is 0 Å². The van der Waals surface area contributed by atoms with E-state index in [1.807, 2.05) is 0 Å². The molecular formula is C9H13LiNO3-. The molecule has 0 aromatic heterocycles. The summed E-state index contributed by atoms with van der Waals surface area (Å²) >= 11 is 0. The Kier molecular flexibility index (Phi) is 3.79. The first kappa shape index (κ1) is 12.2. The van der Waals surface area contributed by atoms with Crippen LogP contribution in [0.4, 0.5) is 0 Å². The van der Waals surface area contributed by atoms with Crippen molar-refractivity contribution in [3.8, 4) is 0 Å². The van der Waals surface area contributed by atoms with Crippen LogP contribution in [-0.2, 0) is 9.53 Å². The molecule has 14 heavy (non-hydrogen) atoms. The Morgan fingerprint density at radius 1 is 1.29 bits per heavy atom. The molecule has 2 aliphatic heterocycles. The maximum absolute atomic E-state index is 10.6. The van der Waals surface area contributed by atoms with Gasteiger partial charge in [0.15, 0.2) is 0 Å². The number of rotatable bonds is 3. The number of ether oxygens (including phenoxy) is 1. The average Bonchev–Trinajstić information content (AvgIpc) is 2.74. The van der Waals surface area contributed by atoms with Gasteiger partial charge in [0.25, 0.3) is 0 Å². The maximum Gasteiger partial charge on any atom is 1.00 e. The molecular weight excluding hydrogens is 177 g/mol. The second kappa shape index (κ2) is 4.34. The summed E-state index contributed by atoms with van der Waals surface area (Å²) < 4.78 is 5.11. The maximum atomic E-state index is 10.6. The SMILES string of the molecule is O=[C-][C@@H]1[C@H](C2CC2)N1C1COC1.[Li+].[OH-]. The van der Waals surface area contributed by atoms with Crippen LogP contribution in [0.15, 0.2) is 0 Å². The van der Waals surface area contributed by atoms with Crippen molar-refractivity contribution < 1.29 is 33.9 Å². The van der Waals surface area contributed by atoms with E-state index in [0.717, 1.165) is 19.1 Å². The van der Waals surface area contributed by atoms with Crippen LogP contribution < -0.4 is 18.9 Å². The molecule has 2 saturated heterocycles. The first-order chi connectivity index (χ1) is 5.92. The van der Waals surface area contributed by atoms with Crippen LogP contribution in [0.5, 0.6) is 0 Å². The van der Waals surface area contributed by atoms with Gasteiger partial charge in [-0.2, -0.15) is 0 Å². The Hall–Kier alpha value is 0.147. The fraction of sp³-hybridized carbons (Fsp3) is 0.889. The zero-order valence-corrected chi connectivity index (χ0v) is 8.35. The Balaban J connectivity index is 0.000000490. The van der Waals surface area contributed by atoms with Gasteiger partial charge in [-0.25, -0.2) is 6.29 Å². The van der Waals surface area contributed by atoms with E-state index < -0.39 is 0 Å². The minimum absolute atomic E-state index is 0. The van der Waals surface area contributed by atoms with Gasteiger partial charge in [0, 0.05) is 6.04 Å². The van der Waals surface area contributed by atoms with Crippen molar-refractivity contribution in [1.29, 1.82) is 0 Å². The van der Waals surface area contributed by atoms with Crippen LogP contribution in [0.25, 0.3) is 0 Å². The van der Waals surface area contributed by atoms with E-state index in [0.29, 0.717) is 12.1 Å². The summed E-state index contributed by atoms with van der Waals surface area (Å²) in [6.07, 6.45) is 4.75. The molecule has 3 rings (SSSR count). The van der Waals surface area contributed by atoms with Crippen molar-refractivity contribution >= 4 is 6.29 Å². The zero-order chi connectivity index (χ0) is 8.13. The fourth-order valence-corrected chi connectivity index (χ4v) is 2.20. The Morgan fingerprint density at radius 3 is 2.29 bits per heavy atom. The summed E-state index contributed by atoms with van der Waals surface area (Å²) in [6.45, 7) is 1.64. The fourth-order valence-electron chi connectivity index (χ4n) is 2.20. The molecule has 0 spiro atoms. The zero-order valence-electron chi connectivity index (χ0n) is 8.35. The summed E-state index contributed by atoms with van der Waals surface area (Å²) in [5, 5.41) is 0. The van der Waals surface area contributed by atoms with Crippen molar-refractivity contribution in [2.75, 3.05) is 13.2 Å². The molecule has 3 fully saturated rings. The third-order valence-electron chi connectivity index (χ3n) is 3.17. The molecule has 0 aromatic rings. The van der Waals surface area contributed by atoms with Gasteiger partial charge in [-0.3, -0.25) is 0 Å². The Morgan fingerprint density at radius 2 is 1.93 bits per heavy atom. The van der Waals surface area contributed by atoms with Gasteiger partial charge in [0.05, 0.1) is 19.3 Å². The number of hydrogen-bond donors (Lipinski definition) is 0. The van der Waals surface area contributed by atoms with Crippen molar-refractivity contribution in [3.05, 3.63) is 0 Å². The largest absolute Gasteiger partial charge is 1.00 e. The number of hydrogen-bond acceptors (Lipinski definition) is 4. The van der Waals surface area contributed by atoms with Crippen LogP contribution >= 0.6 is 0 Å². The summed E-state index contributed by atoms with van der Waals surface area (Å²) in [7, 11) is 0. The summed E-state index contributed by atoms with van der Waals surface area (Å²) in [4.78, 5) is 12.8. The quantitative estimate of drug-likeness (QED) is 0.267. The summed E-state index contributed by atoms with van der Waals surface area (Å²) in [5.74, 6) is 0.803. The average molecular weight is 190 g/mol. The second-order valence-corrected chi connectivity index (χ2v) is 4.03. The van der Waals surface area contributed by atoms with E-state index in [2.05, 4.69) is 11.2 Å². The van der Waals surface area contributed by atoms with E-state index in [-0.39, 0.29) is 30.4 Å². The van der Waals surface area contributed by atoms with Crippen LogP contribution in [0.1, 0.15) is 12.8 Å². The summed E-state index contributed by atoms with van der Waals surface area (Å²) in [5.41, 5.74) is 0. The molecule has 2 heterocycles. The molecule has 0 radical (unpaired) electrons. The van der Waals surface area contributed by atoms with Gasteiger partial charge in [0.2, 0.25) is 0 Å². The standard InChI is InChI=1S/C9H12NO2.Li.H2O/c11-3-8-9(6-1-2-6)10(8)7-4-12-5-7;;/h6-9H,1-2,4-5H2;;1H2/q-1;+1;/p-1/t8-,9+,10?;;/m1../s1. The van der Waals surface area contributed by atoms with E-state index >= 15 is 0 Å². The smallest absolute Gasteiger partial charge is 0.870 e. The Labute approximate surface area is 95.5 Å². The van der Waals surface area contributed by atoms with Gasteiger partial charge in [0.1, 0.15) is 0 Å². The van der Waals surface area contributed by atoms with Gasteiger partial charge in [-0.05, 0) is 18.8 Å². The molecule has 1 saturated carbocycles. The molecule has 3 aliphatic rings. The van der Waals surface area contributed by atoms with E-state index in [9.17, 15) is 4.79 Å². The first-order valence-electron chi connectivity index (χ1n) is 4.64.